The van der Waals surface area contributed by atoms with Gasteiger partial charge >= 0.3 is 0 Å². The molecular formula is C19H32N2. The lowest BCUT2D eigenvalue weighted by Crippen LogP contribution is -2.51. The molecule has 1 aliphatic rings. The van der Waals surface area contributed by atoms with Crippen molar-refractivity contribution in [2.75, 3.05) is 27.2 Å². The van der Waals surface area contributed by atoms with E-state index in [1.54, 1.807) is 0 Å². The highest BCUT2D eigenvalue weighted by Gasteiger charge is 2.38. The molecular weight excluding hydrogens is 256 g/mol. The third kappa shape index (κ3) is 4.55. The fourth-order valence-electron chi connectivity index (χ4n) is 4.06. The lowest BCUT2D eigenvalue weighted by molar-refractivity contribution is 0.0907. The molecule has 0 spiro atoms. The Morgan fingerprint density at radius 3 is 2.62 bits per heavy atom. The zero-order valence-electron chi connectivity index (χ0n) is 14.2. The van der Waals surface area contributed by atoms with Gasteiger partial charge in [0.25, 0.3) is 0 Å². The van der Waals surface area contributed by atoms with Crippen LogP contribution in [0.4, 0.5) is 0 Å². The second-order valence-electron chi connectivity index (χ2n) is 7.41. The van der Waals surface area contributed by atoms with E-state index in [2.05, 4.69) is 68.5 Å². The van der Waals surface area contributed by atoms with E-state index < -0.39 is 0 Å². The Labute approximate surface area is 130 Å². The maximum Gasteiger partial charge on any atom is 0.0156 e. The van der Waals surface area contributed by atoms with Crippen molar-refractivity contribution >= 4 is 0 Å². The zero-order chi connectivity index (χ0) is 15.3. The van der Waals surface area contributed by atoms with Crippen LogP contribution in [0.25, 0.3) is 0 Å². The summed E-state index contributed by atoms with van der Waals surface area (Å²) in [5, 5.41) is 3.60. The van der Waals surface area contributed by atoms with Gasteiger partial charge in [0.1, 0.15) is 0 Å². The van der Waals surface area contributed by atoms with Crippen LogP contribution in [0.1, 0.15) is 38.7 Å². The summed E-state index contributed by atoms with van der Waals surface area (Å²) in [7, 11) is 4.41. The molecule has 118 valence electrons. The van der Waals surface area contributed by atoms with Gasteiger partial charge < -0.3 is 10.2 Å². The Kier molecular flexibility index (Phi) is 5.83. The molecule has 1 aliphatic carbocycles. The number of likely N-dealkylation sites (N-methyl/N-ethyl adjacent to an activating group) is 1. The summed E-state index contributed by atoms with van der Waals surface area (Å²) in [5.74, 6) is 0.777. The number of nitrogens with one attached hydrogen (secondary N) is 1. The average Bonchev–Trinajstić information content (AvgIpc) is 2.46. The third-order valence-electron chi connectivity index (χ3n) is 5.19. The monoisotopic (exact) mass is 288 g/mol. The maximum atomic E-state index is 3.60. The molecule has 0 heterocycles. The van der Waals surface area contributed by atoms with Crippen LogP contribution in [0.2, 0.25) is 0 Å². The molecule has 1 saturated carbocycles. The van der Waals surface area contributed by atoms with Gasteiger partial charge in [-0.2, -0.15) is 0 Å². The van der Waals surface area contributed by atoms with Crippen molar-refractivity contribution in [2.45, 2.75) is 45.6 Å². The van der Waals surface area contributed by atoms with Crippen molar-refractivity contribution < 1.29 is 0 Å². The molecule has 1 fully saturated rings. The molecule has 2 atom stereocenters. The van der Waals surface area contributed by atoms with Gasteiger partial charge in [-0.1, -0.05) is 50.6 Å². The van der Waals surface area contributed by atoms with Crippen LogP contribution in [0.3, 0.4) is 0 Å². The van der Waals surface area contributed by atoms with E-state index in [1.807, 2.05) is 0 Å². The van der Waals surface area contributed by atoms with Crippen LogP contribution in [-0.2, 0) is 6.42 Å². The van der Waals surface area contributed by atoms with Crippen molar-refractivity contribution in [3.63, 3.8) is 0 Å². The van der Waals surface area contributed by atoms with Gasteiger partial charge in [0.15, 0.2) is 0 Å². The first kappa shape index (κ1) is 16.5. The summed E-state index contributed by atoms with van der Waals surface area (Å²) in [4.78, 5) is 2.52. The minimum atomic E-state index is 0.429. The van der Waals surface area contributed by atoms with E-state index in [4.69, 9.17) is 0 Å². The molecule has 0 amide bonds. The molecule has 21 heavy (non-hydrogen) atoms. The lowest BCUT2D eigenvalue weighted by atomic mass is 9.68. The summed E-state index contributed by atoms with van der Waals surface area (Å²) in [6, 6.07) is 11.5. The average molecular weight is 288 g/mol. The highest BCUT2D eigenvalue weighted by atomic mass is 15.1. The smallest absolute Gasteiger partial charge is 0.0156 e. The van der Waals surface area contributed by atoms with Gasteiger partial charge in [-0.15, -0.1) is 0 Å². The predicted octanol–water partition coefficient (Wildman–Crippen LogP) is 3.58. The predicted molar refractivity (Wildman–Crippen MR) is 91.6 cm³/mol. The van der Waals surface area contributed by atoms with Crippen molar-refractivity contribution in [3.05, 3.63) is 35.9 Å². The Morgan fingerprint density at radius 1 is 1.24 bits per heavy atom. The summed E-state index contributed by atoms with van der Waals surface area (Å²) in [6.07, 6.45) is 5.24. The fourth-order valence-corrected chi connectivity index (χ4v) is 4.06. The minimum Gasteiger partial charge on any atom is -0.316 e. The summed E-state index contributed by atoms with van der Waals surface area (Å²) in [5.41, 5.74) is 1.87. The zero-order valence-corrected chi connectivity index (χ0v) is 14.2. The van der Waals surface area contributed by atoms with E-state index in [9.17, 15) is 0 Å². The van der Waals surface area contributed by atoms with Crippen LogP contribution in [0.5, 0.6) is 0 Å². The van der Waals surface area contributed by atoms with Crippen molar-refractivity contribution in [3.8, 4) is 0 Å². The van der Waals surface area contributed by atoms with Crippen molar-refractivity contribution in [1.29, 1.82) is 0 Å². The van der Waals surface area contributed by atoms with Crippen LogP contribution in [0.15, 0.2) is 30.3 Å². The lowest BCUT2D eigenvalue weighted by Gasteiger charge is -2.45. The van der Waals surface area contributed by atoms with Gasteiger partial charge in [-0.3, -0.25) is 0 Å². The van der Waals surface area contributed by atoms with E-state index in [0.29, 0.717) is 11.5 Å². The van der Waals surface area contributed by atoms with Gasteiger partial charge in [0.2, 0.25) is 0 Å². The number of benzene rings is 1. The largest absolute Gasteiger partial charge is 0.316 e. The molecule has 1 N–H and O–H groups in total. The van der Waals surface area contributed by atoms with Crippen molar-refractivity contribution in [1.82, 2.24) is 10.2 Å². The van der Waals surface area contributed by atoms with E-state index in [1.165, 1.54) is 31.4 Å². The Bertz CT molecular complexity index is 413. The highest BCUT2D eigenvalue weighted by Crippen LogP contribution is 2.39. The second kappa shape index (κ2) is 7.42. The van der Waals surface area contributed by atoms with Crippen LogP contribution < -0.4 is 5.32 Å². The van der Waals surface area contributed by atoms with Crippen LogP contribution in [-0.4, -0.2) is 38.1 Å². The summed E-state index contributed by atoms with van der Waals surface area (Å²) in [6.45, 7) is 7.20. The maximum absolute atomic E-state index is 3.60. The normalized spacial score (nSPS) is 25.2. The molecule has 1 aromatic rings. The van der Waals surface area contributed by atoms with Crippen LogP contribution in [0, 0.1) is 11.3 Å². The van der Waals surface area contributed by atoms with E-state index in [0.717, 1.165) is 18.9 Å². The molecule has 1 aromatic carbocycles. The molecule has 0 saturated heterocycles. The topological polar surface area (TPSA) is 15.3 Å². The van der Waals surface area contributed by atoms with Crippen LogP contribution >= 0.6 is 0 Å². The molecule has 2 rings (SSSR count). The second-order valence-corrected chi connectivity index (χ2v) is 7.41. The Morgan fingerprint density at radius 2 is 1.95 bits per heavy atom. The Balaban J connectivity index is 1.85. The minimum absolute atomic E-state index is 0.429. The molecule has 2 unspecified atom stereocenters. The first-order valence-electron chi connectivity index (χ1n) is 8.42. The standard InChI is InChI=1S/C19H32N2/c1-19(2)13-8-11-17(18(19)20-3)15-21(4)14-12-16-9-6-5-7-10-16/h5-7,9-10,17-18,20H,8,11-15H2,1-4H3. The molecule has 2 heteroatoms. The first-order valence-corrected chi connectivity index (χ1v) is 8.42. The molecule has 0 radical (unpaired) electrons. The highest BCUT2D eigenvalue weighted by molar-refractivity contribution is 5.14. The fraction of sp³-hybridized carbons (Fsp3) is 0.684. The Hall–Kier alpha value is -0.860. The van der Waals surface area contributed by atoms with Gasteiger partial charge in [-0.25, -0.2) is 0 Å². The molecule has 0 aliphatic heterocycles. The first-order chi connectivity index (χ1) is 10.0. The summed E-state index contributed by atoms with van der Waals surface area (Å²) >= 11 is 0. The van der Waals surface area contributed by atoms with E-state index >= 15 is 0 Å². The van der Waals surface area contributed by atoms with Gasteiger partial charge in [0.05, 0.1) is 0 Å². The summed E-state index contributed by atoms with van der Waals surface area (Å²) < 4.78 is 0. The SMILES string of the molecule is CNC1C(CN(C)CCc2ccccc2)CCCC1(C)C. The quantitative estimate of drug-likeness (QED) is 0.861. The number of hydrogen-bond acceptors (Lipinski definition) is 2. The number of nitrogens with zero attached hydrogens (tertiary/aromatic N) is 1. The van der Waals surface area contributed by atoms with Gasteiger partial charge in [0, 0.05) is 19.1 Å². The van der Waals surface area contributed by atoms with Gasteiger partial charge in [-0.05, 0) is 50.3 Å². The third-order valence-corrected chi connectivity index (χ3v) is 5.19. The molecule has 0 bridgehead atoms. The van der Waals surface area contributed by atoms with Crippen molar-refractivity contribution in [2.24, 2.45) is 11.3 Å². The number of rotatable bonds is 6. The molecule has 0 aromatic heterocycles. The number of hydrogen-bond donors (Lipinski definition) is 1. The molecule has 2 nitrogen and oxygen atoms in total. The van der Waals surface area contributed by atoms with E-state index in [-0.39, 0.29) is 0 Å².